The molecule has 1 rings (SSSR count). The van der Waals surface area contributed by atoms with Gasteiger partial charge in [-0.05, 0) is 24.1 Å². The number of phenolic OH excluding ortho intramolecular Hbond substituents is 1. The van der Waals surface area contributed by atoms with Gasteiger partial charge in [-0.1, -0.05) is 12.1 Å². The minimum atomic E-state index is 0. The number of hydrogen-bond acceptors (Lipinski definition) is 2. The number of ether oxygens (including phenoxy) is 1. The predicted molar refractivity (Wildman–Crippen MR) is 55.7 cm³/mol. The first-order valence-electron chi connectivity index (χ1n) is 3.74. The molecule has 0 fully saturated rings. The van der Waals surface area contributed by atoms with Gasteiger partial charge in [0.2, 0.25) is 0 Å². The molecule has 0 bridgehead atoms. The molecule has 0 saturated heterocycles. The standard InChI is InChI=1S/C10H12O2.Li.H/c1-3-4-8-5-6-9(11)10(7-8)12-2;;/h3,5-7,11H,1,4H2,2H3;;. The summed E-state index contributed by atoms with van der Waals surface area (Å²) in [6.07, 6.45) is 2.60. The van der Waals surface area contributed by atoms with Crippen LogP contribution in [0.2, 0.25) is 0 Å². The topological polar surface area (TPSA) is 29.5 Å². The average Bonchev–Trinajstić information content (AvgIpc) is 2.09. The van der Waals surface area contributed by atoms with Crippen LogP contribution < -0.4 is 4.74 Å². The summed E-state index contributed by atoms with van der Waals surface area (Å²) in [4.78, 5) is 0. The molecule has 0 aliphatic rings. The zero-order valence-electron chi connectivity index (χ0n) is 7.08. The van der Waals surface area contributed by atoms with Gasteiger partial charge < -0.3 is 9.84 Å². The maximum absolute atomic E-state index is 9.25. The van der Waals surface area contributed by atoms with Crippen LogP contribution in [-0.4, -0.2) is 31.1 Å². The molecule has 0 amide bonds. The van der Waals surface area contributed by atoms with Crippen molar-refractivity contribution in [1.29, 1.82) is 0 Å². The fraction of sp³-hybridized carbons (Fsp3) is 0.200. The van der Waals surface area contributed by atoms with Gasteiger partial charge in [0, 0.05) is 0 Å². The van der Waals surface area contributed by atoms with Crippen molar-refractivity contribution in [1.82, 2.24) is 0 Å². The van der Waals surface area contributed by atoms with Crippen LogP contribution in [0.5, 0.6) is 11.5 Å². The van der Waals surface area contributed by atoms with E-state index in [1.54, 1.807) is 12.1 Å². The SMILES string of the molecule is C=CCc1ccc(O)c(OC)c1.[LiH]. The molecule has 1 N–H and O–H groups in total. The third-order valence-electron chi connectivity index (χ3n) is 1.62. The molecule has 0 atom stereocenters. The van der Waals surface area contributed by atoms with Crippen LogP contribution in [0.4, 0.5) is 0 Å². The molecule has 1 aromatic rings. The van der Waals surface area contributed by atoms with Crippen molar-refractivity contribution in [3.63, 3.8) is 0 Å². The summed E-state index contributed by atoms with van der Waals surface area (Å²) in [7, 11) is 1.53. The third-order valence-corrected chi connectivity index (χ3v) is 1.62. The van der Waals surface area contributed by atoms with Gasteiger partial charge in [0.1, 0.15) is 0 Å². The first-order chi connectivity index (χ1) is 5.77. The minimum absolute atomic E-state index is 0. The quantitative estimate of drug-likeness (QED) is 0.552. The second kappa shape index (κ2) is 5.74. The molecule has 0 heterocycles. The molecule has 2 nitrogen and oxygen atoms in total. The Morgan fingerprint density at radius 1 is 1.54 bits per heavy atom. The summed E-state index contributed by atoms with van der Waals surface area (Å²) in [5, 5.41) is 9.25. The van der Waals surface area contributed by atoms with Gasteiger partial charge in [-0.25, -0.2) is 0 Å². The molecule has 0 saturated carbocycles. The third kappa shape index (κ3) is 3.18. The van der Waals surface area contributed by atoms with Gasteiger partial charge >= 0.3 is 18.9 Å². The molecule has 3 heteroatoms. The Kier molecular flexibility index (Phi) is 5.37. The van der Waals surface area contributed by atoms with E-state index in [0.717, 1.165) is 12.0 Å². The van der Waals surface area contributed by atoms with Crippen LogP contribution in [-0.2, 0) is 6.42 Å². The van der Waals surface area contributed by atoms with Crippen molar-refractivity contribution in [2.24, 2.45) is 0 Å². The van der Waals surface area contributed by atoms with Gasteiger partial charge in [0.15, 0.2) is 11.5 Å². The van der Waals surface area contributed by atoms with Gasteiger partial charge in [-0.3, -0.25) is 0 Å². The number of methoxy groups -OCH3 is 1. The number of phenols is 1. The zero-order chi connectivity index (χ0) is 8.97. The Balaban J connectivity index is 0.00000144. The Hall–Kier alpha value is -0.843. The monoisotopic (exact) mass is 172 g/mol. The second-order valence-electron chi connectivity index (χ2n) is 2.50. The van der Waals surface area contributed by atoms with E-state index in [1.807, 2.05) is 12.1 Å². The normalized spacial score (nSPS) is 8.69. The maximum atomic E-state index is 9.25. The number of hydrogen-bond donors (Lipinski definition) is 1. The molecule has 13 heavy (non-hydrogen) atoms. The fourth-order valence-corrected chi connectivity index (χ4v) is 1.02. The van der Waals surface area contributed by atoms with E-state index in [-0.39, 0.29) is 24.6 Å². The van der Waals surface area contributed by atoms with Gasteiger partial charge in [0.25, 0.3) is 0 Å². The van der Waals surface area contributed by atoms with Crippen LogP contribution in [0.1, 0.15) is 5.56 Å². The molecule has 0 spiro atoms. The Bertz CT molecular complexity index is 284. The number of allylic oxidation sites excluding steroid dienone is 1. The first-order valence-corrected chi connectivity index (χ1v) is 3.74. The Labute approximate surface area is 90.4 Å². The van der Waals surface area contributed by atoms with E-state index in [4.69, 9.17) is 4.74 Å². The molecular weight excluding hydrogens is 159 g/mol. The van der Waals surface area contributed by atoms with Crippen molar-refractivity contribution in [2.45, 2.75) is 6.42 Å². The molecule has 0 aliphatic heterocycles. The van der Waals surface area contributed by atoms with Crippen molar-refractivity contribution >= 4 is 18.9 Å². The molecule has 0 aromatic heterocycles. The summed E-state index contributed by atoms with van der Waals surface area (Å²) in [6, 6.07) is 5.27. The number of aromatic hydroxyl groups is 1. The van der Waals surface area contributed by atoms with Gasteiger partial charge in [-0.2, -0.15) is 0 Å². The van der Waals surface area contributed by atoms with E-state index in [9.17, 15) is 5.11 Å². The van der Waals surface area contributed by atoms with Crippen LogP contribution in [0.25, 0.3) is 0 Å². The zero-order valence-corrected chi connectivity index (χ0v) is 7.08. The fourth-order valence-electron chi connectivity index (χ4n) is 1.02. The van der Waals surface area contributed by atoms with Crippen LogP contribution in [0, 0.1) is 0 Å². The van der Waals surface area contributed by atoms with E-state index in [0.29, 0.717) is 5.75 Å². The average molecular weight is 172 g/mol. The van der Waals surface area contributed by atoms with Crippen molar-refractivity contribution < 1.29 is 9.84 Å². The molecule has 0 radical (unpaired) electrons. The summed E-state index contributed by atoms with van der Waals surface area (Å²) < 4.78 is 4.95. The summed E-state index contributed by atoms with van der Waals surface area (Å²) in [6.45, 7) is 3.63. The van der Waals surface area contributed by atoms with E-state index in [1.165, 1.54) is 7.11 Å². The first kappa shape index (κ1) is 12.2. The predicted octanol–water partition coefficient (Wildman–Crippen LogP) is 1.48. The van der Waals surface area contributed by atoms with Crippen LogP contribution in [0.15, 0.2) is 30.9 Å². The summed E-state index contributed by atoms with van der Waals surface area (Å²) in [5.74, 6) is 0.680. The summed E-state index contributed by atoms with van der Waals surface area (Å²) >= 11 is 0. The van der Waals surface area contributed by atoms with E-state index in [2.05, 4.69) is 6.58 Å². The van der Waals surface area contributed by atoms with Crippen LogP contribution >= 0.6 is 0 Å². The van der Waals surface area contributed by atoms with Crippen molar-refractivity contribution in [3.05, 3.63) is 36.4 Å². The van der Waals surface area contributed by atoms with Crippen molar-refractivity contribution in [2.75, 3.05) is 7.11 Å². The Morgan fingerprint density at radius 3 is 2.77 bits per heavy atom. The summed E-state index contributed by atoms with van der Waals surface area (Å²) in [5.41, 5.74) is 1.08. The van der Waals surface area contributed by atoms with Crippen molar-refractivity contribution in [3.8, 4) is 11.5 Å². The number of benzene rings is 1. The Morgan fingerprint density at radius 2 is 2.23 bits per heavy atom. The second-order valence-corrected chi connectivity index (χ2v) is 2.50. The number of rotatable bonds is 3. The van der Waals surface area contributed by atoms with Gasteiger partial charge in [0.05, 0.1) is 7.11 Å². The van der Waals surface area contributed by atoms with E-state index < -0.39 is 0 Å². The molecule has 0 aliphatic carbocycles. The molecule has 66 valence electrons. The molecule has 0 unspecified atom stereocenters. The van der Waals surface area contributed by atoms with Gasteiger partial charge in [-0.15, -0.1) is 6.58 Å². The molecule has 1 aromatic carbocycles. The van der Waals surface area contributed by atoms with Crippen LogP contribution in [0.3, 0.4) is 0 Å². The molecular formula is C10H13LiO2. The van der Waals surface area contributed by atoms with E-state index >= 15 is 0 Å².